The fourth-order valence-electron chi connectivity index (χ4n) is 6.27. The first-order chi connectivity index (χ1) is 19.5. The lowest BCUT2D eigenvalue weighted by Gasteiger charge is -2.44. The number of sulfonamides is 1. The number of piperidine rings is 1. The maximum Gasteiger partial charge on any atom is 0.321 e. The van der Waals surface area contributed by atoms with Crippen LogP contribution in [0.1, 0.15) is 50.0 Å². The molecule has 2 heterocycles. The molecule has 3 N–H and O–H groups in total. The van der Waals surface area contributed by atoms with Gasteiger partial charge in [-0.15, -0.1) is 0 Å². The predicted octanol–water partition coefficient (Wildman–Crippen LogP) is 3.90. The molecule has 2 aromatic carbocycles. The van der Waals surface area contributed by atoms with Crippen molar-refractivity contribution < 1.29 is 31.8 Å². The molecule has 5 rings (SSSR count). The third-order valence-corrected chi connectivity index (χ3v) is 10.0. The van der Waals surface area contributed by atoms with E-state index in [1.165, 1.54) is 6.07 Å². The van der Waals surface area contributed by atoms with Crippen molar-refractivity contribution in [3.05, 3.63) is 53.6 Å². The highest BCUT2D eigenvalue weighted by Gasteiger charge is 2.39. The standard InChI is InChI=1S/C29H38F2N4O5S/c1-34-17-23(36)16-32-41(38,39)27-9-6-21(20-4-2-3-5-20)14-26(27)40-19-29(18-34)10-12-35(13-11-29)28(37)33-25-8-7-22(30)15-24(25)31/h6-9,14-15,20,23,32,36H,2-5,10-13,16-19H2,1H3,(H,33,37). The number of nitrogens with zero attached hydrogens (tertiary/aromatic N) is 2. The van der Waals surface area contributed by atoms with Crippen LogP contribution < -0.4 is 14.8 Å². The molecule has 1 spiro atoms. The number of carbonyl (C=O) groups is 1. The Hall–Kier alpha value is -2.80. The zero-order chi connectivity index (χ0) is 29.2. The number of β-amino-alcohol motifs (C(OH)–C–C–N with tert-alkyl or cyclic N) is 1. The maximum absolute atomic E-state index is 14.1. The highest BCUT2D eigenvalue weighted by Crippen LogP contribution is 2.39. The third kappa shape index (κ3) is 6.99. The Morgan fingerprint density at radius 1 is 1.12 bits per heavy atom. The highest BCUT2D eigenvalue weighted by atomic mass is 32.2. The highest BCUT2D eigenvalue weighted by molar-refractivity contribution is 7.89. The monoisotopic (exact) mass is 592 g/mol. The van der Waals surface area contributed by atoms with Gasteiger partial charge < -0.3 is 25.0 Å². The second kappa shape index (κ2) is 12.2. The van der Waals surface area contributed by atoms with Crippen LogP contribution in [0.3, 0.4) is 0 Å². The van der Waals surface area contributed by atoms with Gasteiger partial charge in [0.1, 0.15) is 22.3 Å². The van der Waals surface area contributed by atoms with Crippen LogP contribution in [-0.4, -0.2) is 81.8 Å². The molecule has 2 fully saturated rings. The van der Waals surface area contributed by atoms with Crippen LogP contribution >= 0.6 is 0 Å². The summed E-state index contributed by atoms with van der Waals surface area (Å²) in [6.45, 7) is 1.65. The molecule has 0 bridgehead atoms. The zero-order valence-corrected chi connectivity index (χ0v) is 24.1. The zero-order valence-electron chi connectivity index (χ0n) is 23.2. The lowest BCUT2D eigenvalue weighted by Crippen LogP contribution is -2.52. The molecule has 1 unspecified atom stereocenters. The van der Waals surface area contributed by atoms with Gasteiger partial charge in [0, 0.05) is 44.2 Å². The van der Waals surface area contributed by atoms with E-state index in [1.54, 1.807) is 11.0 Å². The Morgan fingerprint density at radius 3 is 2.56 bits per heavy atom. The van der Waals surface area contributed by atoms with Crippen LogP contribution in [-0.2, 0) is 10.0 Å². The number of carbonyl (C=O) groups excluding carboxylic acids is 1. The largest absolute Gasteiger partial charge is 0.492 e. The molecular formula is C29H38F2N4O5S. The summed E-state index contributed by atoms with van der Waals surface area (Å²) in [4.78, 5) is 16.5. The van der Waals surface area contributed by atoms with Crippen molar-refractivity contribution in [3.63, 3.8) is 0 Å². The number of ether oxygens (including phenoxy) is 1. The Labute approximate surface area is 239 Å². The van der Waals surface area contributed by atoms with Gasteiger partial charge in [-0.1, -0.05) is 18.9 Å². The summed E-state index contributed by atoms with van der Waals surface area (Å²) >= 11 is 0. The smallest absolute Gasteiger partial charge is 0.321 e. The van der Waals surface area contributed by atoms with Gasteiger partial charge in [-0.25, -0.2) is 26.7 Å². The van der Waals surface area contributed by atoms with Gasteiger partial charge in [-0.2, -0.15) is 0 Å². The second-order valence-corrected chi connectivity index (χ2v) is 13.5. The number of amides is 2. The third-order valence-electron chi connectivity index (χ3n) is 8.54. The summed E-state index contributed by atoms with van der Waals surface area (Å²) in [5.41, 5.74) is 0.544. The number of aliphatic hydroxyl groups is 1. The topological polar surface area (TPSA) is 111 Å². The molecule has 1 saturated heterocycles. The minimum absolute atomic E-state index is 0.0497. The number of nitrogens with one attached hydrogen (secondary N) is 2. The summed E-state index contributed by atoms with van der Waals surface area (Å²) < 4.78 is 62.7. The van der Waals surface area contributed by atoms with E-state index in [0.29, 0.717) is 44.1 Å². The van der Waals surface area contributed by atoms with Crippen LogP contribution in [0.15, 0.2) is 41.3 Å². The van der Waals surface area contributed by atoms with Crippen molar-refractivity contribution >= 4 is 21.7 Å². The van der Waals surface area contributed by atoms with Gasteiger partial charge >= 0.3 is 6.03 Å². The first kappa shape index (κ1) is 29.7. The first-order valence-corrected chi connectivity index (χ1v) is 15.7. The molecule has 12 heteroatoms. The Kier molecular flexibility index (Phi) is 8.84. The maximum atomic E-state index is 14.1. The average Bonchev–Trinajstić information content (AvgIpc) is 3.47. The minimum atomic E-state index is -3.93. The normalized spacial score (nSPS) is 23.7. The number of rotatable bonds is 2. The molecule has 2 amide bonds. The summed E-state index contributed by atoms with van der Waals surface area (Å²) in [5.74, 6) is -0.904. The van der Waals surface area contributed by atoms with Gasteiger partial charge in [0.2, 0.25) is 10.0 Å². The molecule has 1 saturated carbocycles. The number of likely N-dealkylation sites (N-methyl/N-ethyl adjacent to an activating group) is 1. The molecule has 0 radical (unpaired) electrons. The number of hydrogen-bond donors (Lipinski definition) is 3. The fraction of sp³-hybridized carbons (Fsp3) is 0.552. The summed E-state index contributed by atoms with van der Waals surface area (Å²) in [6, 6.07) is 7.83. The molecular weight excluding hydrogens is 554 g/mol. The van der Waals surface area contributed by atoms with Crippen molar-refractivity contribution in [2.75, 3.05) is 51.7 Å². The van der Waals surface area contributed by atoms with Gasteiger partial charge in [-0.3, -0.25) is 0 Å². The van der Waals surface area contributed by atoms with E-state index < -0.39 is 39.2 Å². The summed E-state index contributed by atoms with van der Waals surface area (Å²) in [7, 11) is -2.06. The molecule has 2 aromatic rings. The molecule has 224 valence electrons. The lowest BCUT2D eigenvalue weighted by atomic mass is 9.78. The summed E-state index contributed by atoms with van der Waals surface area (Å²) in [5, 5.41) is 13.1. The van der Waals surface area contributed by atoms with E-state index in [9.17, 15) is 27.1 Å². The van der Waals surface area contributed by atoms with Crippen LogP contribution in [0.2, 0.25) is 0 Å². The van der Waals surface area contributed by atoms with Gasteiger partial charge in [-0.05, 0) is 68.5 Å². The van der Waals surface area contributed by atoms with Crippen molar-refractivity contribution in [2.24, 2.45) is 5.41 Å². The number of urea groups is 1. The van der Waals surface area contributed by atoms with Gasteiger partial charge in [0.25, 0.3) is 0 Å². The van der Waals surface area contributed by atoms with Crippen molar-refractivity contribution in [1.82, 2.24) is 14.5 Å². The van der Waals surface area contributed by atoms with Gasteiger partial charge in [0.05, 0.1) is 18.4 Å². The molecule has 0 aromatic heterocycles. The van der Waals surface area contributed by atoms with E-state index in [1.807, 2.05) is 24.1 Å². The summed E-state index contributed by atoms with van der Waals surface area (Å²) in [6.07, 6.45) is 4.60. The second-order valence-electron chi connectivity index (χ2n) is 11.7. The molecule has 1 aliphatic carbocycles. The number of halogens is 2. The first-order valence-electron chi connectivity index (χ1n) is 14.2. The van der Waals surface area contributed by atoms with Crippen LogP contribution in [0.5, 0.6) is 5.75 Å². The van der Waals surface area contributed by atoms with Crippen LogP contribution in [0, 0.1) is 17.0 Å². The Bertz CT molecular complexity index is 1360. The number of fused-ring (bicyclic) bond motifs is 1. The van der Waals surface area contributed by atoms with E-state index in [4.69, 9.17) is 4.74 Å². The van der Waals surface area contributed by atoms with E-state index in [2.05, 4.69) is 10.0 Å². The van der Waals surface area contributed by atoms with Crippen LogP contribution in [0.25, 0.3) is 0 Å². The molecule has 1 atom stereocenters. The molecule has 2 aliphatic heterocycles. The average molecular weight is 593 g/mol. The van der Waals surface area contributed by atoms with Crippen LogP contribution in [0.4, 0.5) is 19.3 Å². The number of aliphatic hydroxyl groups excluding tert-OH is 1. The number of benzene rings is 2. The fourth-order valence-corrected chi connectivity index (χ4v) is 7.46. The minimum Gasteiger partial charge on any atom is -0.492 e. The molecule has 3 aliphatic rings. The number of anilines is 1. The number of likely N-dealkylation sites (tertiary alicyclic amines) is 1. The SMILES string of the molecule is CN1CC(O)CNS(=O)(=O)c2ccc(C3CCCC3)cc2OCC2(CCN(C(=O)Nc3ccc(F)cc3F)CC2)C1. The number of hydrogen-bond acceptors (Lipinski definition) is 6. The Balaban J connectivity index is 1.36. The lowest BCUT2D eigenvalue weighted by molar-refractivity contribution is 0.0255. The van der Waals surface area contributed by atoms with Gasteiger partial charge in [0.15, 0.2) is 0 Å². The Morgan fingerprint density at radius 2 is 1.85 bits per heavy atom. The van der Waals surface area contributed by atoms with Crippen molar-refractivity contribution in [3.8, 4) is 5.75 Å². The van der Waals surface area contributed by atoms with E-state index in [-0.39, 0.29) is 30.3 Å². The quantitative estimate of drug-likeness (QED) is 0.488. The van der Waals surface area contributed by atoms with Crippen molar-refractivity contribution in [2.45, 2.75) is 55.4 Å². The van der Waals surface area contributed by atoms with E-state index in [0.717, 1.165) is 43.4 Å². The molecule has 9 nitrogen and oxygen atoms in total. The predicted molar refractivity (Wildman–Crippen MR) is 150 cm³/mol. The van der Waals surface area contributed by atoms with E-state index >= 15 is 0 Å². The molecule has 41 heavy (non-hydrogen) atoms. The van der Waals surface area contributed by atoms with Crippen molar-refractivity contribution in [1.29, 1.82) is 0 Å².